The van der Waals surface area contributed by atoms with Crippen LogP contribution in [0.1, 0.15) is 51.9 Å². The van der Waals surface area contributed by atoms with Crippen LogP contribution in [0.2, 0.25) is 0 Å². The van der Waals surface area contributed by atoms with Gasteiger partial charge in [0.25, 0.3) is 23.6 Å². The number of Topliss-reactive ketones (excluding diaryl/α,β-unsaturated/α-hetero) is 1. The van der Waals surface area contributed by atoms with Crippen molar-refractivity contribution in [3.8, 4) is 0 Å². The molecule has 0 bridgehead atoms. The van der Waals surface area contributed by atoms with Crippen LogP contribution in [-0.2, 0) is 57.3 Å². The van der Waals surface area contributed by atoms with Gasteiger partial charge in [0.2, 0.25) is 17.7 Å². The average molecular weight is 708 g/mol. The zero-order valence-electron chi connectivity index (χ0n) is 28.6. The number of ketones is 1. The number of carbonyl (C=O) groups excluding carboxylic acids is 8. The predicted octanol–water partition coefficient (Wildman–Crippen LogP) is -1.06. The second kappa shape index (κ2) is 24.8. The first-order valence-electron chi connectivity index (χ1n) is 16.9. The molecule has 0 saturated carbocycles. The van der Waals surface area contributed by atoms with Crippen LogP contribution in [0.15, 0.2) is 24.3 Å². The lowest BCUT2D eigenvalue weighted by Gasteiger charge is -2.20. The number of nitrogens with zero attached hydrogens (tertiary/aromatic N) is 2. The van der Waals surface area contributed by atoms with Crippen LogP contribution in [0.5, 0.6) is 0 Å². The Hall–Kier alpha value is -4.32. The Bertz CT molecular complexity index is 1200. The fourth-order valence-corrected chi connectivity index (χ4v) is 4.55. The van der Waals surface area contributed by atoms with Crippen molar-refractivity contribution in [3.63, 3.8) is 0 Å². The summed E-state index contributed by atoms with van der Waals surface area (Å²) in [5.74, 6) is -3.06. The molecule has 0 aromatic rings. The summed E-state index contributed by atoms with van der Waals surface area (Å²) in [6, 6.07) is -0.909. The van der Waals surface area contributed by atoms with Crippen molar-refractivity contribution in [3.05, 3.63) is 24.3 Å². The number of hydrogen-bond acceptors (Lipinski definition) is 12. The molecule has 0 spiro atoms. The van der Waals surface area contributed by atoms with Crippen LogP contribution in [0.4, 0.5) is 0 Å². The molecule has 2 aliphatic rings. The van der Waals surface area contributed by atoms with E-state index in [2.05, 4.69) is 16.0 Å². The normalized spacial score (nSPS) is 14.5. The Labute approximate surface area is 291 Å². The zero-order valence-corrected chi connectivity index (χ0v) is 28.6. The van der Waals surface area contributed by atoms with Crippen molar-refractivity contribution in [2.24, 2.45) is 0 Å². The topological polar surface area (TPSA) is 216 Å². The highest BCUT2D eigenvalue weighted by Gasteiger charge is 2.26. The molecule has 1 atom stereocenters. The minimum Gasteiger partial charge on any atom is -0.379 e. The number of hydrogen-bond donors (Lipinski definition) is 3. The molecule has 17 heteroatoms. The molecule has 7 amide bonds. The number of carbonyl (C=O) groups is 8. The molecule has 0 saturated heterocycles. The van der Waals surface area contributed by atoms with Gasteiger partial charge >= 0.3 is 0 Å². The first kappa shape index (κ1) is 41.8. The van der Waals surface area contributed by atoms with Crippen molar-refractivity contribution in [2.45, 2.75) is 57.9 Å². The van der Waals surface area contributed by atoms with Crippen molar-refractivity contribution < 1.29 is 57.3 Å². The van der Waals surface area contributed by atoms with Gasteiger partial charge in [0.05, 0.1) is 52.9 Å². The van der Waals surface area contributed by atoms with E-state index < -0.39 is 41.5 Å². The van der Waals surface area contributed by atoms with Gasteiger partial charge in [0.1, 0.15) is 11.8 Å². The first-order valence-corrected chi connectivity index (χ1v) is 16.9. The molecule has 0 fully saturated rings. The summed E-state index contributed by atoms with van der Waals surface area (Å²) in [5, 5.41) is 8.09. The predicted molar refractivity (Wildman–Crippen MR) is 176 cm³/mol. The molecule has 0 radical (unpaired) electrons. The zero-order chi connectivity index (χ0) is 36.6. The summed E-state index contributed by atoms with van der Waals surface area (Å²) in [5.41, 5.74) is 0. The molecule has 2 rings (SSSR count). The van der Waals surface area contributed by atoms with Crippen LogP contribution in [0, 0.1) is 0 Å². The van der Waals surface area contributed by atoms with Crippen molar-refractivity contribution in [1.82, 2.24) is 25.8 Å². The number of rotatable bonds is 29. The molecule has 0 aromatic heterocycles. The number of ether oxygens (including phenoxy) is 4. The molecular formula is C33H49N5O12. The van der Waals surface area contributed by atoms with Gasteiger partial charge in [0.15, 0.2) is 0 Å². The van der Waals surface area contributed by atoms with Crippen molar-refractivity contribution in [2.75, 3.05) is 79.0 Å². The molecule has 1 unspecified atom stereocenters. The highest BCUT2D eigenvalue weighted by Crippen LogP contribution is 2.07. The van der Waals surface area contributed by atoms with E-state index in [1.54, 1.807) is 0 Å². The molecule has 0 aliphatic carbocycles. The third-order valence-corrected chi connectivity index (χ3v) is 7.40. The van der Waals surface area contributed by atoms with Gasteiger partial charge in [-0.2, -0.15) is 0 Å². The van der Waals surface area contributed by atoms with E-state index in [0.29, 0.717) is 71.9 Å². The summed E-state index contributed by atoms with van der Waals surface area (Å²) in [4.78, 5) is 97.6. The van der Waals surface area contributed by atoms with Gasteiger partial charge in [-0.25, -0.2) is 0 Å². The minimum atomic E-state index is -0.909. The van der Waals surface area contributed by atoms with Gasteiger partial charge in [-0.05, 0) is 19.3 Å². The second-order valence-corrected chi connectivity index (χ2v) is 11.2. The molecular weight excluding hydrogens is 658 g/mol. The molecule has 278 valence electrons. The van der Waals surface area contributed by atoms with E-state index in [1.807, 2.05) is 6.92 Å². The van der Waals surface area contributed by atoms with Crippen molar-refractivity contribution >= 4 is 47.1 Å². The van der Waals surface area contributed by atoms with E-state index >= 15 is 0 Å². The maximum Gasteiger partial charge on any atom is 0.253 e. The maximum atomic E-state index is 12.9. The molecule has 50 heavy (non-hydrogen) atoms. The lowest BCUT2D eigenvalue weighted by Crippen LogP contribution is -2.48. The van der Waals surface area contributed by atoms with Gasteiger partial charge < -0.3 is 34.9 Å². The summed E-state index contributed by atoms with van der Waals surface area (Å²) in [6.07, 6.45) is 6.45. The van der Waals surface area contributed by atoms with Gasteiger partial charge in [-0.1, -0.05) is 6.92 Å². The van der Waals surface area contributed by atoms with Crippen LogP contribution in [0.25, 0.3) is 0 Å². The summed E-state index contributed by atoms with van der Waals surface area (Å²) in [7, 11) is 0. The monoisotopic (exact) mass is 707 g/mol. The van der Waals surface area contributed by atoms with E-state index in [9.17, 15) is 38.4 Å². The second-order valence-electron chi connectivity index (χ2n) is 11.2. The van der Waals surface area contributed by atoms with E-state index in [1.165, 1.54) is 0 Å². The fraction of sp³-hybridized carbons (Fsp3) is 0.636. The SMILES string of the molecule is CCC(=O)CCOCCOCCOCCOCCNC(=O)C(CCCCNC(=O)CCN1C(=O)C=CC1=O)NC(=O)CCN1C(=O)C=CC1=O. The summed E-state index contributed by atoms with van der Waals surface area (Å²) >= 11 is 0. The number of nitrogens with one attached hydrogen (secondary N) is 3. The Balaban J connectivity index is 1.62. The standard InChI is InChI=1S/C33H49N5O12/c1-2-25(39)12-17-47-19-21-49-23-24-50-22-20-48-18-14-35-33(46)26(36-28(41)11-16-38-31(44)8-9-32(38)45)5-3-4-13-34-27(40)10-15-37-29(42)6-7-30(37)43/h6-9,26H,2-5,10-24H2,1H3,(H,34,40)(H,35,46)(H,36,41). The molecule has 2 aliphatic heterocycles. The van der Waals surface area contributed by atoms with Crippen LogP contribution < -0.4 is 16.0 Å². The van der Waals surface area contributed by atoms with Gasteiger partial charge in [-0.3, -0.25) is 48.2 Å². The Kier molecular flexibility index (Phi) is 20.7. The van der Waals surface area contributed by atoms with E-state index in [0.717, 1.165) is 34.1 Å². The number of imide groups is 2. The molecule has 3 N–H and O–H groups in total. The maximum absolute atomic E-state index is 12.9. The summed E-state index contributed by atoms with van der Waals surface area (Å²) < 4.78 is 21.6. The smallest absolute Gasteiger partial charge is 0.253 e. The lowest BCUT2D eigenvalue weighted by atomic mass is 10.1. The quantitative estimate of drug-likeness (QED) is 0.0627. The van der Waals surface area contributed by atoms with E-state index in [4.69, 9.17) is 18.9 Å². The largest absolute Gasteiger partial charge is 0.379 e. The average Bonchev–Trinajstić information content (AvgIpc) is 3.60. The third-order valence-electron chi connectivity index (χ3n) is 7.40. The van der Waals surface area contributed by atoms with Crippen LogP contribution in [-0.4, -0.2) is 142 Å². The van der Waals surface area contributed by atoms with Crippen molar-refractivity contribution in [1.29, 1.82) is 0 Å². The highest BCUT2D eigenvalue weighted by molar-refractivity contribution is 6.13. The fourth-order valence-electron chi connectivity index (χ4n) is 4.55. The first-order chi connectivity index (χ1) is 24.1. The molecule has 0 aromatic carbocycles. The molecule has 2 heterocycles. The minimum absolute atomic E-state index is 0.0249. The number of amides is 7. The van der Waals surface area contributed by atoms with Gasteiger partial charge in [0, 0.05) is 76.2 Å². The summed E-state index contributed by atoms with van der Waals surface area (Å²) in [6.45, 7) is 4.89. The van der Waals surface area contributed by atoms with Crippen LogP contribution >= 0.6 is 0 Å². The lowest BCUT2D eigenvalue weighted by molar-refractivity contribution is -0.139. The van der Waals surface area contributed by atoms with Crippen LogP contribution in [0.3, 0.4) is 0 Å². The third kappa shape index (κ3) is 17.4. The number of unbranched alkanes of at least 4 members (excludes halogenated alkanes) is 1. The van der Waals surface area contributed by atoms with Gasteiger partial charge in [-0.15, -0.1) is 0 Å². The molecule has 17 nitrogen and oxygen atoms in total. The van der Waals surface area contributed by atoms with E-state index in [-0.39, 0.29) is 63.7 Å². The highest BCUT2D eigenvalue weighted by atomic mass is 16.6. The Morgan fingerprint density at radius 3 is 1.60 bits per heavy atom. The Morgan fingerprint density at radius 2 is 1.08 bits per heavy atom. The Morgan fingerprint density at radius 1 is 0.600 bits per heavy atom.